The lowest BCUT2D eigenvalue weighted by atomic mass is 9.96. The van der Waals surface area contributed by atoms with Gasteiger partial charge in [0.1, 0.15) is 5.75 Å². The first-order valence-electron chi connectivity index (χ1n) is 13.4. The van der Waals surface area contributed by atoms with E-state index in [1.807, 2.05) is 19.1 Å². The van der Waals surface area contributed by atoms with E-state index in [0.29, 0.717) is 44.0 Å². The van der Waals surface area contributed by atoms with Crippen molar-refractivity contribution in [1.29, 1.82) is 0 Å². The Balaban J connectivity index is 1.69. The second-order valence-electron chi connectivity index (χ2n) is 9.65. The number of hydrogen-bond donors (Lipinski definition) is 0. The van der Waals surface area contributed by atoms with Crippen LogP contribution >= 0.6 is 23.1 Å². The molecule has 13 heteroatoms. The molecule has 11 nitrogen and oxygen atoms in total. The van der Waals surface area contributed by atoms with Gasteiger partial charge in [-0.1, -0.05) is 23.5 Å². The highest BCUT2D eigenvalue weighted by Crippen LogP contribution is 2.33. The van der Waals surface area contributed by atoms with Crippen molar-refractivity contribution in [3.63, 3.8) is 0 Å². The Morgan fingerprint density at radius 2 is 1.91 bits per heavy atom. The number of thiazole rings is 1. The third-order valence-corrected chi connectivity index (χ3v) is 8.29. The second kappa shape index (κ2) is 12.7. The third-order valence-electron chi connectivity index (χ3n) is 6.33. The molecular weight excluding hydrogens is 590 g/mol. The fraction of sp³-hybridized carbons (Fsp3) is 0.233. The Morgan fingerprint density at radius 1 is 1.19 bits per heavy atom. The van der Waals surface area contributed by atoms with Gasteiger partial charge in [0.05, 0.1) is 39.5 Å². The minimum atomic E-state index is -0.808. The van der Waals surface area contributed by atoms with E-state index in [-0.39, 0.29) is 21.9 Å². The maximum atomic E-state index is 14.1. The van der Waals surface area contributed by atoms with Gasteiger partial charge in [0.25, 0.3) is 11.2 Å². The average molecular weight is 618 g/mol. The first-order valence-corrected chi connectivity index (χ1v) is 15.0. The number of carbonyl (C=O) groups excluding carboxylic acids is 1. The average Bonchev–Trinajstić information content (AvgIpc) is 3.27. The van der Waals surface area contributed by atoms with Crippen LogP contribution in [0.4, 0.5) is 5.69 Å². The molecule has 0 spiro atoms. The molecular formula is C30H27N5O6S2. The zero-order valence-electron chi connectivity index (χ0n) is 23.7. The molecule has 2 aromatic heterocycles. The number of fused-ring (bicyclic) bond motifs is 1. The van der Waals surface area contributed by atoms with Gasteiger partial charge in [-0.25, -0.2) is 19.8 Å². The van der Waals surface area contributed by atoms with Crippen molar-refractivity contribution >= 4 is 40.8 Å². The van der Waals surface area contributed by atoms with Gasteiger partial charge >= 0.3 is 5.97 Å². The minimum absolute atomic E-state index is 0.126. The van der Waals surface area contributed by atoms with Crippen LogP contribution < -0.4 is 19.6 Å². The Labute approximate surface area is 254 Å². The van der Waals surface area contributed by atoms with E-state index in [4.69, 9.17) is 9.47 Å². The number of ether oxygens (including phenoxy) is 2. The quantitative estimate of drug-likeness (QED) is 0.115. The van der Waals surface area contributed by atoms with E-state index in [2.05, 4.69) is 15.0 Å². The number of aromatic nitrogens is 3. The van der Waals surface area contributed by atoms with Crippen molar-refractivity contribution in [2.75, 3.05) is 6.61 Å². The number of benzene rings is 2. The lowest BCUT2D eigenvalue weighted by Crippen LogP contribution is -2.40. The molecule has 3 heterocycles. The molecule has 43 heavy (non-hydrogen) atoms. The molecule has 0 N–H and O–H groups in total. The highest BCUT2D eigenvalue weighted by molar-refractivity contribution is 7.99. The van der Waals surface area contributed by atoms with Crippen LogP contribution in [-0.4, -0.2) is 38.1 Å². The van der Waals surface area contributed by atoms with Crippen molar-refractivity contribution in [1.82, 2.24) is 14.5 Å². The van der Waals surface area contributed by atoms with Crippen molar-refractivity contribution in [3.05, 3.63) is 113 Å². The van der Waals surface area contributed by atoms with Crippen molar-refractivity contribution < 1.29 is 19.2 Å². The van der Waals surface area contributed by atoms with Crippen LogP contribution in [0.3, 0.4) is 0 Å². The highest BCUT2D eigenvalue weighted by atomic mass is 32.2. The molecule has 2 aromatic carbocycles. The molecule has 0 saturated heterocycles. The lowest BCUT2D eigenvalue weighted by Gasteiger charge is -2.25. The molecule has 0 amide bonds. The summed E-state index contributed by atoms with van der Waals surface area (Å²) in [7, 11) is 0. The maximum Gasteiger partial charge on any atom is 0.338 e. The topological polar surface area (TPSA) is 139 Å². The van der Waals surface area contributed by atoms with Gasteiger partial charge in [-0.2, -0.15) is 0 Å². The van der Waals surface area contributed by atoms with Gasteiger partial charge < -0.3 is 9.47 Å². The standard InChI is InChI=1S/C30H27N5O6S2/c1-5-40-22-10-7-19(8-11-22)26-25(28(37)41-17(2)3)18(4)33-30-34(26)27(36)24(43-30)16-20-15-21(35(38)39)9-12-23(20)42-29-31-13-6-14-32-29/h6-17,26H,5H2,1-4H3/b24-16-/t26-/m1/s1. The van der Waals surface area contributed by atoms with Crippen LogP contribution in [0.1, 0.15) is 44.9 Å². The lowest BCUT2D eigenvalue weighted by molar-refractivity contribution is -0.384. The van der Waals surface area contributed by atoms with E-state index in [1.54, 1.807) is 63.5 Å². The molecule has 5 rings (SSSR count). The number of nitrogens with zero attached hydrogens (tertiary/aromatic N) is 5. The zero-order valence-corrected chi connectivity index (χ0v) is 25.3. The van der Waals surface area contributed by atoms with Gasteiger partial charge in [0.15, 0.2) is 9.96 Å². The molecule has 0 bridgehead atoms. The number of nitro benzene ring substituents is 1. The fourth-order valence-electron chi connectivity index (χ4n) is 4.52. The van der Waals surface area contributed by atoms with Crippen LogP contribution in [0, 0.1) is 10.1 Å². The predicted octanol–water partition coefficient (Wildman–Crippen LogP) is 4.43. The minimum Gasteiger partial charge on any atom is -0.494 e. The summed E-state index contributed by atoms with van der Waals surface area (Å²) >= 11 is 2.36. The Hall–Kier alpha value is -4.62. The van der Waals surface area contributed by atoms with Crippen LogP contribution in [0.5, 0.6) is 5.75 Å². The van der Waals surface area contributed by atoms with Gasteiger partial charge in [-0.15, -0.1) is 0 Å². The fourth-order valence-corrected chi connectivity index (χ4v) is 6.35. The molecule has 0 fully saturated rings. The summed E-state index contributed by atoms with van der Waals surface area (Å²) in [6, 6.07) is 12.5. The molecule has 220 valence electrons. The van der Waals surface area contributed by atoms with Gasteiger partial charge in [0.2, 0.25) is 0 Å². The van der Waals surface area contributed by atoms with E-state index < -0.39 is 22.5 Å². The number of rotatable bonds is 9. The number of non-ortho nitro benzene ring substituents is 1. The van der Waals surface area contributed by atoms with Gasteiger partial charge in [0, 0.05) is 29.4 Å². The second-order valence-corrected chi connectivity index (χ2v) is 11.7. The molecule has 0 radical (unpaired) electrons. The summed E-state index contributed by atoms with van der Waals surface area (Å²) in [5.74, 6) is 0.0911. The van der Waals surface area contributed by atoms with E-state index >= 15 is 0 Å². The zero-order chi connectivity index (χ0) is 30.7. The number of hydrogen-bond acceptors (Lipinski definition) is 11. The molecule has 0 unspecified atom stereocenters. The SMILES string of the molecule is CCOc1ccc([C@@H]2C(C(=O)OC(C)C)=C(C)N=c3s/c(=C\c4cc([N+](=O)[O-])ccc4Sc4ncccn4)c(=O)n32)cc1. The Bertz CT molecular complexity index is 1900. The summed E-state index contributed by atoms with van der Waals surface area (Å²) in [5, 5.41) is 12.1. The summed E-state index contributed by atoms with van der Waals surface area (Å²) in [6.45, 7) is 7.60. The van der Waals surface area contributed by atoms with E-state index in [9.17, 15) is 19.7 Å². The molecule has 4 aromatic rings. The van der Waals surface area contributed by atoms with Crippen LogP contribution in [0.15, 0.2) is 92.0 Å². The van der Waals surface area contributed by atoms with Crippen molar-refractivity contribution in [2.24, 2.45) is 4.99 Å². The highest BCUT2D eigenvalue weighted by Gasteiger charge is 2.34. The smallest absolute Gasteiger partial charge is 0.338 e. The number of allylic oxidation sites excluding steroid dienone is 1. The normalized spacial score (nSPS) is 14.8. The molecule has 0 aliphatic carbocycles. The number of esters is 1. The Morgan fingerprint density at radius 3 is 2.56 bits per heavy atom. The van der Waals surface area contributed by atoms with Gasteiger partial charge in [-0.05, 0) is 80.9 Å². The molecule has 1 aliphatic heterocycles. The summed E-state index contributed by atoms with van der Waals surface area (Å²) in [5.41, 5.74) is 1.29. The monoisotopic (exact) mass is 617 g/mol. The van der Waals surface area contributed by atoms with Gasteiger partial charge in [-0.3, -0.25) is 19.5 Å². The third kappa shape index (κ3) is 6.42. The van der Waals surface area contributed by atoms with E-state index in [1.165, 1.54) is 28.5 Å². The number of nitro groups is 1. The molecule has 1 atom stereocenters. The first-order chi connectivity index (χ1) is 20.7. The molecule has 0 saturated carbocycles. The first kappa shape index (κ1) is 29.9. The largest absolute Gasteiger partial charge is 0.494 e. The number of carbonyl (C=O) groups is 1. The summed E-state index contributed by atoms with van der Waals surface area (Å²) in [6.07, 6.45) is 4.42. The van der Waals surface area contributed by atoms with Crippen LogP contribution in [-0.2, 0) is 9.53 Å². The maximum absolute atomic E-state index is 14.1. The van der Waals surface area contributed by atoms with Crippen LogP contribution in [0.2, 0.25) is 0 Å². The van der Waals surface area contributed by atoms with Crippen molar-refractivity contribution in [3.8, 4) is 5.75 Å². The predicted molar refractivity (Wildman–Crippen MR) is 162 cm³/mol. The molecule has 1 aliphatic rings. The van der Waals surface area contributed by atoms with E-state index in [0.717, 1.165) is 11.3 Å². The van der Waals surface area contributed by atoms with Crippen LogP contribution in [0.25, 0.3) is 6.08 Å². The van der Waals surface area contributed by atoms with Crippen molar-refractivity contribution in [2.45, 2.75) is 49.9 Å². The Kier molecular flexibility index (Phi) is 8.83. The summed E-state index contributed by atoms with van der Waals surface area (Å²) < 4.78 is 12.9. The summed E-state index contributed by atoms with van der Waals surface area (Å²) in [4.78, 5) is 52.6.